The second-order valence-corrected chi connectivity index (χ2v) is 4.37. The van der Waals surface area contributed by atoms with Crippen LogP contribution in [0, 0.1) is 12.7 Å². The predicted molar refractivity (Wildman–Crippen MR) is 82.7 cm³/mol. The number of nitrogens with one attached hydrogen (secondary N) is 1. The van der Waals surface area contributed by atoms with Gasteiger partial charge in [0.2, 0.25) is 5.91 Å². The number of methoxy groups -OCH3 is 1. The fraction of sp³-hybridized carbons (Fsp3) is 0.467. The molecule has 1 rings (SSSR count). The number of benzene rings is 1. The molecule has 1 aromatic carbocycles. The number of carboxylic acids is 1. The highest BCUT2D eigenvalue weighted by Gasteiger charge is 2.21. The van der Waals surface area contributed by atoms with Crippen molar-refractivity contribution in [2.24, 2.45) is 5.73 Å². The van der Waals surface area contributed by atoms with E-state index in [1.54, 1.807) is 6.92 Å². The summed E-state index contributed by atoms with van der Waals surface area (Å²) in [6.07, 6.45) is -0.102. The smallest absolute Gasteiger partial charge is 0.320 e. The summed E-state index contributed by atoms with van der Waals surface area (Å²) in [7, 11) is 1.28. The Morgan fingerprint density at radius 2 is 2.00 bits per heavy atom. The molecule has 7 heteroatoms. The van der Waals surface area contributed by atoms with E-state index >= 15 is 0 Å². The van der Waals surface area contributed by atoms with Gasteiger partial charge in [0.05, 0.1) is 7.11 Å². The summed E-state index contributed by atoms with van der Waals surface area (Å²) in [5.74, 6) is -2.30. The lowest BCUT2D eigenvalue weighted by atomic mass is 9.98. The van der Waals surface area contributed by atoms with E-state index in [0.29, 0.717) is 11.1 Å². The maximum absolute atomic E-state index is 13.9. The molecule has 0 aromatic heterocycles. The topological polar surface area (TPSA) is 102 Å². The lowest BCUT2D eigenvalue weighted by molar-refractivity contribution is -0.138. The first-order valence-corrected chi connectivity index (χ1v) is 6.89. The van der Waals surface area contributed by atoms with Gasteiger partial charge in [-0.05, 0) is 12.5 Å². The first-order chi connectivity index (χ1) is 10.3. The maximum Gasteiger partial charge on any atom is 0.320 e. The molecule has 0 radical (unpaired) electrons. The number of anilines is 1. The van der Waals surface area contributed by atoms with Crippen molar-refractivity contribution in [3.8, 4) is 5.75 Å². The van der Waals surface area contributed by atoms with Crippen molar-refractivity contribution < 1.29 is 23.8 Å². The number of carbonyl (C=O) groups excluding carboxylic acids is 1. The van der Waals surface area contributed by atoms with Gasteiger partial charge in [-0.3, -0.25) is 9.59 Å². The Balaban J connectivity index is 0.00000211. The minimum Gasteiger partial charge on any atom is -0.493 e. The molecule has 0 aliphatic heterocycles. The Morgan fingerprint density at radius 1 is 1.45 bits per heavy atom. The van der Waals surface area contributed by atoms with E-state index in [1.807, 2.05) is 13.8 Å². The summed E-state index contributed by atoms with van der Waals surface area (Å²) in [5.41, 5.74) is 6.59. The average Bonchev–Trinajstić information content (AvgIpc) is 2.45. The molecule has 0 saturated heterocycles. The normalized spacial score (nSPS) is 11.0. The van der Waals surface area contributed by atoms with Crippen LogP contribution >= 0.6 is 0 Å². The third-order valence-electron chi connectivity index (χ3n) is 2.87. The van der Waals surface area contributed by atoms with Gasteiger partial charge in [0.1, 0.15) is 6.04 Å². The zero-order valence-corrected chi connectivity index (χ0v) is 13.5. The molecule has 0 fully saturated rings. The maximum atomic E-state index is 13.9. The summed E-state index contributed by atoms with van der Waals surface area (Å²) in [6.45, 7) is 6.93. The molecule has 0 aliphatic rings. The van der Waals surface area contributed by atoms with Crippen LogP contribution in [-0.4, -0.2) is 30.1 Å². The highest BCUT2D eigenvalue weighted by molar-refractivity contribution is 5.90. The van der Waals surface area contributed by atoms with E-state index in [4.69, 9.17) is 15.6 Å². The van der Waals surface area contributed by atoms with Crippen molar-refractivity contribution in [1.29, 1.82) is 0 Å². The zero-order valence-electron chi connectivity index (χ0n) is 13.5. The molecule has 4 N–H and O–H groups in total. The Labute approximate surface area is 129 Å². The number of halogens is 1. The van der Waals surface area contributed by atoms with Crippen LogP contribution in [0.4, 0.5) is 10.1 Å². The monoisotopic (exact) mass is 314 g/mol. The summed E-state index contributed by atoms with van der Waals surface area (Å²) >= 11 is 0. The number of ether oxygens (including phenoxy) is 1. The number of rotatable bonds is 5. The van der Waals surface area contributed by atoms with Gasteiger partial charge in [-0.15, -0.1) is 0 Å². The largest absolute Gasteiger partial charge is 0.493 e. The average molecular weight is 314 g/mol. The third kappa shape index (κ3) is 5.00. The highest BCUT2D eigenvalue weighted by atomic mass is 19.1. The van der Waals surface area contributed by atoms with Crippen LogP contribution in [0.2, 0.25) is 0 Å². The van der Waals surface area contributed by atoms with Crippen molar-refractivity contribution in [3.63, 3.8) is 0 Å². The number of amides is 1. The second kappa shape index (κ2) is 8.99. The van der Waals surface area contributed by atoms with E-state index in [9.17, 15) is 14.0 Å². The number of hydrogen-bond acceptors (Lipinski definition) is 4. The zero-order chi connectivity index (χ0) is 17.4. The van der Waals surface area contributed by atoms with Crippen LogP contribution in [-0.2, 0) is 16.0 Å². The molecular weight excluding hydrogens is 291 g/mol. The molecule has 1 aromatic rings. The summed E-state index contributed by atoms with van der Waals surface area (Å²) in [4.78, 5) is 21.9. The van der Waals surface area contributed by atoms with Gasteiger partial charge in [-0.2, -0.15) is 0 Å². The number of carbonyl (C=O) groups is 2. The molecule has 1 amide bonds. The Hall–Kier alpha value is -2.15. The molecule has 0 spiro atoms. The lowest BCUT2D eigenvalue weighted by Crippen LogP contribution is -2.32. The highest BCUT2D eigenvalue weighted by Crippen LogP contribution is 2.32. The Morgan fingerprint density at radius 3 is 2.41 bits per heavy atom. The third-order valence-corrected chi connectivity index (χ3v) is 2.87. The van der Waals surface area contributed by atoms with Crippen molar-refractivity contribution >= 4 is 17.6 Å². The van der Waals surface area contributed by atoms with Crippen LogP contribution in [0.3, 0.4) is 0 Å². The molecule has 0 saturated carbocycles. The van der Waals surface area contributed by atoms with Crippen molar-refractivity contribution in [2.75, 3.05) is 12.4 Å². The number of nitrogens with two attached hydrogens (primary N) is 1. The molecule has 6 nitrogen and oxygen atoms in total. The standard InChI is InChI=1S/C13H17FN2O4.C2H6/c1-6-8(4-10(15)13(18)19)12(20-3)9(14)5-11(6)16-7(2)17;1-2/h5,10H,4,15H2,1-3H3,(H,16,17)(H,18,19);1-2H3. The summed E-state index contributed by atoms with van der Waals surface area (Å²) in [6, 6.07) is -0.0553. The molecular formula is C15H23FN2O4. The van der Waals surface area contributed by atoms with Crippen LogP contribution in [0.25, 0.3) is 0 Å². The first-order valence-electron chi connectivity index (χ1n) is 6.89. The van der Waals surface area contributed by atoms with Gasteiger partial charge in [-0.25, -0.2) is 4.39 Å². The quantitative estimate of drug-likeness (QED) is 0.772. The molecule has 1 atom stereocenters. The van der Waals surface area contributed by atoms with Crippen LogP contribution < -0.4 is 15.8 Å². The van der Waals surface area contributed by atoms with Gasteiger partial charge in [-0.1, -0.05) is 13.8 Å². The Bertz CT molecular complexity index is 547. The first kappa shape index (κ1) is 19.9. The fourth-order valence-corrected chi connectivity index (χ4v) is 1.87. The number of aliphatic carboxylic acids is 1. The minimum atomic E-state index is -1.20. The van der Waals surface area contributed by atoms with E-state index in [-0.39, 0.29) is 23.8 Å². The minimum absolute atomic E-state index is 0.0618. The lowest BCUT2D eigenvalue weighted by Gasteiger charge is -2.18. The predicted octanol–water partition coefficient (Wildman–Crippen LogP) is 2.08. The number of carboxylic acid groups (broad SMARTS) is 1. The fourth-order valence-electron chi connectivity index (χ4n) is 1.87. The summed E-state index contributed by atoms with van der Waals surface area (Å²) < 4.78 is 18.9. The van der Waals surface area contributed by atoms with Gasteiger partial charge >= 0.3 is 5.97 Å². The van der Waals surface area contributed by atoms with E-state index < -0.39 is 17.8 Å². The van der Waals surface area contributed by atoms with Crippen molar-refractivity contribution in [3.05, 3.63) is 23.0 Å². The number of hydrogen-bond donors (Lipinski definition) is 3. The molecule has 1 unspecified atom stereocenters. The van der Waals surface area contributed by atoms with Crippen LogP contribution in [0.1, 0.15) is 31.9 Å². The summed E-state index contributed by atoms with van der Waals surface area (Å²) in [5, 5.41) is 11.3. The van der Waals surface area contributed by atoms with E-state index in [2.05, 4.69) is 5.32 Å². The van der Waals surface area contributed by atoms with Crippen LogP contribution in [0.15, 0.2) is 6.07 Å². The second-order valence-electron chi connectivity index (χ2n) is 4.37. The van der Waals surface area contributed by atoms with Gasteiger partial charge in [0, 0.05) is 30.7 Å². The van der Waals surface area contributed by atoms with Gasteiger partial charge in [0.15, 0.2) is 11.6 Å². The molecule has 0 bridgehead atoms. The van der Waals surface area contributed by atoms with E-state index in [1.165, 1.54) is 14.0 Å². The van der Waals surface area contributed by atoms with Gasteiger partial charge < -0.3 is 20.9 Å². The van der Waals surface area contributed by atoms with Crippen LogP contribution in [0.5, 0.6) is 5.75 Å². The SMILES string of the molecule is CC.COc1c(F)cc(NC(C)=O)c(C)c1CC(N)C(=O)O. The Kier molecular flexibility index (Phi) is 8.11. The van der Waals surface area contributed by atoms with E-state index in [0.717, 1.165) is 6.07 Å². The molecule has 22 heavy (non-hydrogen) atoms. The van der Waals surface area contributed by atoms with Crippen molar-refractivity contribution in [2.45, 2.75) is 40.2 Å². The van der Waals surface area contributed by atoms with Crippen molar-refractivity contribution in [1.82, 2.24) is 0 Å². The van der Waals surface area contributed by atoms with Gasteiger partial charge in [0.25, 0.3) is 0 Å². The molecule has 124 valence electrons. The molecule has 0 heterocycles. The molecule has 0 aliphatic carbocycles.